The van der Waals surface area contributed by atoms with E-state index in [4.69, 9.17) is 4.42 Å². The molecule has 3 aromatic carbocycles. The van der Waals surface area contributed by atoms with E-state index in [1.807, 2.05) is 12.3 Å². The Morgan fingerprint density at radius 1 is 0.750 bits per heavy atom. The molecule has 0 saturated heterocycles. The largest absolute Gasteiger partial charge is 0.455 e. The Balaban J connectivity index is 1.71. The van der Waals surface area contributed by atoms with Gasteiger partial charge in [-0.05, 0) is 52.9 Å². The first kappa shape index (κ1) is 16.8. The lowest BCUT2D eigenvalue weighted by Crippen LogP contribution is -1.90. The Bertz CT molecular complexity index is 1280. The molecule has 0 aliphatic heterocycles. The summed E-state index contributed by atoms with van der Waals surface area (Å²) in [5.74, 6) is 0.463. The van der Waals surface area contributed by atoms with Crippen LogP contribution in [-0.4, -0.2) is 4.98 Å². The predicted molar refractivity (Wildman–Crippen MR) is 116 cm³/mol. The second-order valence-corrected chi connectivity index (χ2v) is 7.49. The maximum absolute atomic E-state index is 6.36. The van der Waals surface area contributed by atoms with Crippen LogP contribution in [0.1, 0.15) is 25.3 Å². The van der Waals surface area contributed by atoms with Crippen LogP contribution in [0.2, 0.25) is 0 Å². The SMILES string of the molecule is CC(C)c1ccnc(-c2cccc3c2oc2cc(-c4ccccc4)ccc23)c1. The number of para-hydroxylation sites is 1. The molecule has 0 atom stereocenters. The molecule has 0 unspecified atom stereocenters. The standard InChI is InChI=1S/C26H21NO/c1-17(2)19-13-14-27-24(15-19)23-10-6-9-22-21-12-11-20(16-25(21)28-26(22)23)18-7-4-3-5-8-18/h3-17H,1-2H3. The van der Waals surface area contributed by atoms with Crippen molar-refractivity contribution in [3.05, 3.63) is 90.6 Å². The van der Waals surface area contributed by atoms with E-state index in [0.717, 1.165) is 38.8 Å². The number of rotatable bonds is 3. The first-order valence-corrected chi connectivity index (χ1v) is 9.68. The van der Waals surface area contributed by atoms with Crippen molar-refractivity contribution in [3.8, 4) is 22.4 Å². The molecule has 136 valence electrons. The van der Waals surface area contributed by atoms with Crippen molar-refractivity contribution in [1.82, 2.24) is 4.98 Å². The van der Waals surface area contributed by atoms with Gasteiger partial charge in [-0.25, -0.2) is 0 Å². The van der Waals surface area contributed by atoms with Gasteiger partial charge in [0.2, 0.25) is 0 Å². The minimum atomic E-state index is 0.463. The molecule has 0 radical (unpaired) electrons. The van der Waals surface area contributed by atoms with E-state index in [0.29, 0.717) is 5.92 Å². The second-order valence-electron chi connectivity index (χ2n) is 7.49. The van der Waals surface area contributed by atoms with Gasteiger partial charge in [-0.3, -0.25) is 4.98 Å². The quantitative estimate of drug-likeness (QED) is 0.333. The second kappa shape index (κ2) is 6.65. The van der Waals surface area contributed by atoms with Crippen molar-refractivity contribution in [2.45, 2.75) is 19.8 Å². The van der Waals surface area contributed by atoms with Gasteiger partial charge in [-0.1, -0.05) is 62.4 Å². The normalized spacial score (nSPS) is 11.5. The van der Waals surface area contributed by atoms with Crippen LogP contribution in [0.25, 0.3) is 44.3 Å². The van der Waals surface area contributed by atoms with E-state index in [2.05, 4.69) is 91.6 Å². The summed E-state index contributed by atoms with van der Waals surface area (Å²) in [6.07, 6.45) is 1.89. The molecule has 0 fully saturated rings. The minimum absolute atomic E-state index is 0.463. The number of fused-ring (bicyclic) bond motifs is 3. The van der Waals surface area contributed by atoms with Crippen LogP contribution in [-0.2, 0) is 0 Å². The van der Waals surface area contributed by atoms with Crippen LogP contribution in [0.4, 0.5) is 0 Å². The van der Waals surface area contributed by atoms with Gasteiger partial charge in [-0.2, -0.15) is 0 Å². The first-order chi connectivity index (χ1) is 13.7. The molecule has 2 nitrogen and oxygen atoms in total. The zero-order valence-electron chi connectivity index (χ0n) is 16.0. The third-order valence-corrected chi connectivity index (χ3v) is 5.33. The minimum Gasteiger partial charge on any atom is -0.455 e. The van der Waals surface area contributed by atoms with E-state index >= 15 is 0 Å². The summed E-state index contributed by atoms with van der Waals surface area (Å²) < 4.78 is 6.36. The Morgan fingerprint density at radius 3 is 2.43 bits per heavy atom. The molecule has 0 N–H and O–H groups in total. The summed E-state index contributed by atoms with van der Waals surface area (Å²) in [6.45, 7) is 4.40. The molecule has 2 aromatic heterocycles. The monoisotopic (exact) mass is 363 g/mol. The molecule has 0 saturated carbocycles. The van der Waals surface area contributed by atoms with E-state index in [1.54, 1.807) is 0 Å². The smallest absolute Gasteiger partial charge is 0.144 e. The lowest BCUT2D eigenvalue weighted by atomic mass is 10.00. The van der Waals surface area contributed by atoms with Crippen molar-refractivity contribution in [2.24, 2.45) is 0 Å². The molecule has 2 heterocycles. The number of furan rings is 1. The van der Waals surface area contributed by atoms with Crippen LogP contribution >= 0.6 is 0 Å². The topological polar surface area (TPSA) is 26.0 Å². The number of nitrogens with zero attached hydrogens (tertiary/aromatic N) is 1. The highest BCUT2D eigenvalue weighted by molar-refractivity contribution is 6.10. The number of aromatic nitrogens is 1. The van der Waals surface area contributed by atoms with E-state index in [-0.39, 0.29) is 0 Å². The summed E-state index contributed by atoms with van der Waals surface area (Å²) in [5, 5.41) is 2.26. The van der Waals surface area contributed by atoms with Crippen LogP contribution in [0.5, 0.6) is 0 Å². The summed E-state index contributed by atoms with van der Waals surface area (Å²) in [5.41, 5.74) is 7.44. The van der Waals surface area contributed by atoms with E-state index in [1.165, 1.54) is 11.1 Å². The molecule has 0 amide bonds. The summed E-state index contributed by atoms with van der Waals surface area (Å²) in [7, 11) is 0. The highest BCUT2D eigenvalue weighted by Crippen LogP contribution is 2.37. The van der Waals surface area contributed by atoms with Crippen molar-refractivity contribution in [1.29, 1.82) is 0 Å². The van der Waals surface area contributed by atoms with Crippen LogP contribution in [0.3, 0.4) is 0 Å². The van der Waals surface area contributed by atoms with Gasteiger partial charge in [0.1, 0.15) is 11.2 Å². The number of hydrogen-bond acceptors (Lipinski definition) is 2. The predicted octanol–water partition coefficient (Wildman–Crippen LogP) is 7.44. The highest BCUT2D eigenvalue weighted by Gasteiger charge is 2.14. The van der Waals surface area contributed by atoms with Crippen LogP contribution in [0, 0.1) is 0 Å². The van der Waals surface area contributed by atoms with E-state index in [9.17, 15) is 0 Å². The van der Waals surface area contributed by atoms with Gasteiger partial charge >= 0.3 is 0 Å². The molecule has 5 rings (SSSR count). The van der Waals surface area contributed by atoms with Crippen LogP contribution < -0.4 is 0 Å². The zero-order chi connectivity index (χ0) is 19.1. The molecule has 0 bridgehead atoms. The summed E-state index contributed by atoms with van der Waals surface area (Å²) in [4.78, 5) is 4.62. The lowest BCUT2D eigenvalue weighted by molar-refractivity contribution is 0.670. The molecular weight excluding hydrogens is 342 g/mol. The Morgan fingerprint density at radius 2 is 1.61 bits per heavy atom. The third kappa shape index (κ3) is 2.78. The maximum Gasteiger partial charge on any atom is 0.144 e. The Hall–Kier alpha value is -3.39. The molecule has 0 aliphatic carbocycles. The van der Waals surface area contributed by atoms with Gasteiger partial charge < -0.3 is 4.42 Å². The Labute approximate surface area is 164 Å². The van der Waals surface area contributed by atoms with Crippen LogP contribution in [0.15, 0.2) is 89.5 Å². The third-order valence-electron chi connectivity index (χ3n) is 5.33. The molecule has 2 heteroatoms. The number of hydrogen-bond donors (Lipinski definition) is 0. The van der Waals surface area contributed by atoms with Gasteiger partial charge in [0.25, 0.3) is 0 Å². The van der Waals surface area contributed by atoms with E-state index < -0.39 is 0 Å². The van der Waals surface area contributed by atoms with Gasteiger partial charge in [-0.15, -0.1) is 0 Å². The molecule has 28 heavy (non-hydrogen) atoms. The maximum atomic E-state index is 6.36. The highest BCUT2D eigenvalue weighted by atomic mass is 16.3. The molecule has 0 spiro atoms. The molecular formula is C26H21NO. The average Bonchev–Trinajstić information content (AvgIpc) is 3.12. The van der Waals surface area contributed by atoms with Crippen molar-refractivity contribution in [3.63, 3.8) is 0 Å². The number of benzene rings is 3. The van der Waals surface area contributed by atoms with Crippen molar-refractivity contribution < 1.29 is 4.42 Å². The number of pyridine rings is 1. The Kier molecular flexibility index (Phi) is 3.98. The summed E-state index contributed by atoms with van der Waals surface area (Å²) in [6, 6.07) is 27.4. The molecule has 0 aliphatic rings. The van der Waals surface area contributed by atoms with Crippen molar-refractivity contribution >= 4 is 21.9 Å². The molecule has 5 aromatic rings. The summed E-state index contributed by atoms with van der Waals surface area (Å²) >= 11 is 0. The lowest BCUT2D eigenvalue weighted by Gasteiger charge is -2.07. The fourth-order valence-corrected chi connectivity index (χ4v) is 3.76. The van der Waals surface area contributed by atoms with Gasteiger partial charge in [0.05, 0.1) is 5.69 Å². The first-order valence-electron chi connectivity index (χ1n) is 9.68. The van der Waals surface area contributed by atoms with Gasteiger partial charge in [0, 0.05) is 22.5 Å². The van der Waals surface area contributed by atoms with Gasteiger partial charge in [0.15, 0.2) is 0 Å². The average molecular weight is 363 g/mol. The fraction of sp³-hybridized carbons (Fsp3) is 0.115. The fourth-order valence-electron chi connectivity index (χ4n) is 3.76. The van der Waals surface area contributed by atoms with Crippen molar-refractivity contribution in [2.75, 3.05) is 0 Å². The zero-order valence-corrected chi connectivity index (χ0v) is 16.0.